The average Bonchev–Trinajstić information content (AvgIpc) is 2.37. The Morgan fingerprint density at radius 3 is 2.59 bits per heavy atom. The molecule has 1 atom stereocenters. The molecular weight excluding hydrogens is 208 g/mol. The van der Waals surface area contributed by atoms with Crippen LogP contribution in [-0.2, 0) is 6.42 Å². The van der Waals surface area contributed by atoms with Gasteiger partial charge in [-0.1, -0.05) is 37.6 Å². The van der Waals surface area contributed by atoms with E-state index in [9.17, 15) is 0 Å². The summed E-state index contributed by atoms with van der Waals surface area (Å²) in [5, 5.41) is 11.8. The summed E-state index contributed by atoms with van der Waals surface area (Å²) in [5.41, 5.74) is 2.71. The van der Waals surface area contributed by atoms with Gasteiger partial charge in [0.05, 0.1) is 6.07 Å². The number of benzene rings is 1. The molecule has 0 aliphatic carbocycles. The molecule has 0 heterocycles. The number of nitrogens with one attached hydrogen (secondary N) is 1. The second-order valence-corrected chi connectivity index (χ2v) is 4.43. The second kappa shape index (κ2) is 7.86. The van der Waals surface area contributed by atoms with Gasteiger partial charge in [-0.2, -0.15) is 5.26 Å². The predicted molar refractivity (Wildman–Crippen MR) is 71.7 cm³/mol. The van der Waals surface area contributed by atoms with E-state index in [0.29, 0.717) is 12.5 Å². The van der Waals surface area contributed by atoms with Crippen LogP contribution in [0.2, 0.25) is 0 Å². The molecule has 0 aliphatic rings. The van der Waals surface area contributed by atoms with E-state index < -0.39 is 0 Å². The highest BCUT2D eigenvalue weighted by Gasteiger charge is 2.03. The number of rotatable bonds is 7. The molecule has 2 nitrogen and oxygen atoms in total. The van der Waals surface area contributed by atoms with E-state index in [4.69, 9.17) is 5.26 Å². The molecule has 0 amide bonds. The first-order valence-electron chi connectivity index (χ1n) is 6.47. The van der Waals surface area contributed by atoms with Crippen LogP contribution in [0.25, 0.3) is 0 Å². The maximum absolute atomic E-state index is 8.48. The number of hydrogen-bond donors (Lipinski definition) is 1. The lowest BCUT2D eigenvalue weighted by atomic mass is 10.0. The summed E-state index contributed by atoms with van der Waals surface area (Å²) in [6.45, 7) is 5.11. The van der Waals surface area contributed by atoms with E-state index in [2.05, 4.69) is 49.5 Å². The third-order valence-electron chi connectivity index (χ3n) is 2.99. The standard InChI is InChI=1S/C15H22N2/c1-3-4-6-14-7-9-15(10-8-14)13(2)17-12-5-11-16/h7-10,13,17H,3-6,12H2,1-2H3. The number of aryl methyl sites for hydroxylation is 1. The predicted octanol–water partition coefficient (Wildman–Crippen LogP) is 3.59. The van der Waals surface area contributed by atoms with E-state index in [1.807, 2.05) is 0 Å². The van der Waals surface area contributed by atoms with Gasteiger partial charge in [0.15, 0.2) is 0 Å². The van der Waals surface area contributed by atoms with Gasteiger partial charge in [0.1, 0.15) is 0 Å². The third kappa shape index (κ3) is 5.01. The molecule has 92 valence electrons. The van der Waals surface area contributed by atoms with Gasteiger partial charge in [-0.05, 0) is 30.9 Å². The fourth-order valence-corrected chi connectivity index (χ4v) is 1.82. The molecule has 17 heavy (non-hydrogen) atoms. The number of nitrogens with zero attached hydrogens (tertiary/aromatic N) is 1. The molecule has 0 fully saturated rings. The highest BCUT2D eigenvalue weighted by atomic mass is 14.9. The highest BCUT2D eigenvalue weighted by molar-refractivity contribution is 5.24. The fraction of sp³-hybridized carbons (Fsp3) is 0.533. The van der Waals surface area contributed by atoms with Crippen molar-refractivity contribution in [1.82, 2.24) is 5.32 Å². The van der Waals surface area contributed by atoms with Crippen LogP contribution in [0, 0.1) is 11.3 Å². The van der Waals surface area contributed by atoms with Crippen LogP contribution in [0.3, 0.4) is 0 Å². The largest absolute Gasteiger partial charge is 0.309 e. The van der Waals surface area contributed by atoms with Crippen LogP contribution in [-0.4, -0.2) is 6.54 Å². The molecule has 1 aromatic rings. The highest BCUT2D eigenvalue weighted by Crippen LogP contribution is 2.14. The van der Waals surface area contributed by atoms with Crippen LogP contribution >= 0.6 is 0 Å². The lowest BCUT2D eigenvalue weighted by Gasteiger charge is -2.13. The van der Waals surface area contributed by atoms with Gasteiger partial charge in [-0.25, -0.2) is 0 Å². The van der Waals surface area contributed by atoms with Crippen LogP contribution in [0.4, 0.5) is 0 Å². The van der Waals surface area contributed by atoms with Crippen molar-refractivity contribution in [2.75, 3.05) is 6.54 Å². The lowest BCUT2D eigenvalue weighted by molar-refractivity contribution is 0.583. The van der Waals surface area contributed by atoms with E-state index in [0.717, 1.165) is 6.54 Å². The Morgan fingerprint density at radius 1 is 1.29 bits per heavy atom. The average molecular weight is 230 g/mol. The molecule has 1 rings (SSSR count). The van der Waals surface area contributed by atoms with Gasteiger partial charge < -0.3 is 5.32 Å². The van der Waals surface area contributed by atoms with Crippen molar-refractivity contribution in [2.45, 2.75) is 45.6 Å². The summed E-state index contributed by atoms with van der Waals surface area (Å²) in [4.78, 5) is 0. The minimum Gasteiger partial charge on any atom is -0.309 e. The van der Waals surface area contributed by atoms with Crippen molar-refractivity contribution >= 4 is 0 Å². The molecule has 0 radical (unpaired) electrons. The Morgan fingerprint density at radius 2 is 2.00 bits per heavy atom. The SMILES string of the molecule is CCCCc1ccc(C(C)NCCC#N)cc1. The lowest BCUT2D eigenvalue weighted by Crippen LogP contribution is -2.19. The van der Waals surface area contributed by atoms with Gasteiger partial charge >= 0.3 is 0 Å². The Balaban J connectivity index is 2.46. The quantitative estimate of drug-likeness (QED) is 0.726. The van der Waals surface area contributed by atoms with Gasteiger partial charge in [0.25, 0.3) is 0 Å². The molecule has 1 aromatic carbocycles. The molecule has 0 spiro atoms. The molecule has 0 saturated heterocycles. The Hall–Kier alpha value is -1.33. The van der Waals surface area contributed by atoms with Crippen LogP contribution in [0.5, 0.6) is 0 Å². The van der Waals surface area contributed by atoms with Gasteiger partial charge in [0, 0.05) is 19.0 Å². The van der Waals surface area contributed by atoms with Crippen molar-refractivity contribution in [3.05, 3.63) is 35.4 Å². The van der Waals surface area contributed by atoms with Crippen LogP contribution in [0.15, 0.2) is 24.3 Å². The molecule has 0 aliphatic heterocycles. The van der Waals surface area contributed by atoms with Crippen molar-refractivity contribution in [3.63, 3.8) is 0 Å². The second-order valence-electron chi connectivity index (χ2n) is 4.43. The molecular formula is C15H22N2. The normalized spacial score (nSPS) is 12.1. The zero-order valence-electron chi connectivity index (χ0n) is 10.9. The smallest absolute Gasteiger partial charge is 0.0635 e. The van der Waals surface area contributed by atoms with Gasteiger partial charge in [-0.3, -0.25) is 0 Å². The first-order chi connectivity index (χ1) is 8.27. The Bertz CT molecular complexity index is 348. The zero-order chi connectivity index (χ0) is 12.5. The maximum Gasteiger partial charge on any atom is 0.0635 e. The zero-order valence-corrected chi connectivity index (χ0v) is 10.9. The van der Waals surface area contributed by atoms with Crippen molar-refractivity contribution < 1.29 is 0 Å². The number of nitriles is 1. The summed E-state index contributed by atoms with van der Waals surface area (Å²) < 4.78 is 0. The minimum absolute atomic E-state index is 0.323. The minimum atomic E-state index is 0.323. The fourth-order valence-electron chi connectivity index (χ4n) is 1.82. The van der Waals surface area contributed by atoms with Gasteiger partial charge in [-0.15, -0.1) is 0 Å². The summed E-state index contributed by atoms with van der Waals surface area (Å²) in [6, 6.07) is 11.3. The van der Waals surface area contributed by atoms with E-state index >= 15 is 0 Å². The van der Waals surface area contributed by atoms with Crippen molar-refractivity contribution in [1.29, 1.82) is 5.26 Å². The first-order valence-corrected chi connectivity index (χ1v) is 6.47. The molecule has 2 heteroatoms. The monoisotopic (exact) mass is 230 g/mol. The number of hydrogen-bond acceptors (Lipinski definition) is 2. The van der Waals surface area contributed by atoms with Crippen molar-refractivity contribution in [2.24, 2.45) is 0 Å². The van der Waals surface area contributed by atoms with E-state index in [-0.39, 0.29) is 0 Å². The molecule has 1 unspecified atom stereocenters. The number of unbranched alkanes of at least 4 members (excludes halogenated alkanes) is 1. The van der Waals surface area contributed by atoms with Gasteiger partial charge in [0.2, 0.25) is 0 Å². The molecule has 0 saturated carbocycles. The summed E-state index contributed by atoms with van der Waals surface area (Å²) >= 11 is 0. The van der Waals surface area contributed by atoms with E-state index in [1.165, 1.54) is 30.4 Å². The molecule has 1 N–H and O–H groups in total. The molecule has 0 aromatic heterocycles. The summed E-state index contributed by atoms with van der Waals surface area (Å²) in [6.07, 6.45) is 4.25. The Kier molecular flexibility index (Phi) is 6.35. The Labute approximate surface area is 105 Å². The van der Waals surface area contributed by atoms with Crippen molar-refractivity contribution in [3.8, 4) is 6.07 Å². The van der Waals surface area contributed by atoms with Crippen LogP contribution < -0.4 is 5.32 Å². The topological polar surface area (TPSA) is 35.8 Å². The third-order valence-corrected chi connectivity index (χ3v) is 2.99. The molecule has 0 bridgehead atoms. The van der Waals surface area contributed by atoms with E-state index in [1.54, 1.807) is 0 Å². The summed E-state index contributed by atoms with van der Waals surface area (Å²) in [7, 11) is 0. The maximum atomic E-state index is 8.48. The first kappa shape index (κ1) is 13.7. The summed E-state index contributed by atoms with van der Waals surface area (Å²) in [5.74, 6) is 0. The van der Waals surface area contributed by atoms with Crippen LogP contribution in [0.1, 0.15) is 50.3 Å².